The number of alkyl halides is 3. The Labute approximate surface area is 93.3 Å². The summed E-state index contributed by atoms with van der Waals surface area (Å²) in [6.07, 6.45) is -2.94. The van der Waals surface area contributed by atoms with Crippen molar-refractivity contribution >= 4 is 10.0 Å². The van der Waals surface area contributed by atoms with E-state index in [2.05, 4.69) is 5.14 Å². The zero-order valence-corrected chi connectivity index (χ0v) is 9.81. The van der Waals surface area contributed by atoms with Crippen LogP contribution in [0.2, 0.25) is 0 Å². The average Bonchev–Trinajstić information content (AvgIpc) is 2.03. The summed E-state index contributed by atoms with van der Waals surface area (Å²) in [4.78, 5) is 0. The monoisotopic (exact) mass is 259 g/mol. The van der Waals surface area contributed by atoms with Gasteiger partial charge in [-0.25, -0.2) is 13.6 Å². The summed E-state index contributed by atoms with van der Waals surface area (Å²) < 4.78 is 59.9. The van der Waals surface area contributed by atoms with Crippen LogP contribution >= 0.6 is 0 Å². The highest BCUT2D eigenvalue weighted by atomic mass is 32.2. The molecule has 1 aliphatic rings. The predicted octanol–water partition coefficient (Wildman–Crippen LogP) is 2.03. The zero-order valence-electron chi connectivity index (χ0n) is 9.00. The lowest BCUT2D eigenvalue weighted by Gasteiger charge is -2.32. The molecule has 7 heteroatoms. The number of sulfonamides is 1. The van der Waals surface area contributed by atoms with Gasteiger partial charge in [0, 0.05) is 0 Å². The average molecular weight is 259 g/mol. The van der Waals surface area contributed by atoms with Crippen molar-refractivity contribution in [2.45, 2.75) is 44.0 Å². The van der Waals surface area contributed by atoms with Gasteiger partial charge in [0.1, 0.15) is 0 Å². The van der Waals surface area contributed by atoms with Gasteiger partial charge in [-0.05, 0) is 24.7 Å². The molecular formula is C9H16F3NO2S. The van der Waals surface area contributed by atoms with Crippen LogP contribution in [-0.4, -0.2) is 19.8 Å². The van der Waals surface area contributed by atoms with Crippen LogP contribution in [0.1, 0.15) is 32.6 Å². The second-order valence-corrected chi connectivity index (χ2v) is 6.26. The molecule has 0 radical (unpaired) electrons. The van der Waals surface area contributed by atoms with Gasteiger partial charge in [-0.2, -0.15) is 13.2 Å². The molecule has 3 nitrogen and oxygen atoms in total. The molecule has 1 fully saturated rings. The van der Waals surface area contributed by atoms with Crippen molar-refractivity contribution < 1.29 is 21.6 Å². The normalized spacial score (nSPS) is 30.1. The maximum atomic E-state index is 12.6. The van der Waals surface area contributed by atoms with Crippen LogP contribution < -0.4 is 5.14 Å². The van der Waals surface area contributed by atoms with Crippen molar-refractivity contribution in [3.63, 3.8) is 0 Å². The molecule has 0 spiro atoms. The molecule has 0 heterocycles. The number of primary sulfonamides is 1. The molecule has 96 valence electrons. The highest BCUT2D eigenvalue weighted by molar-refractivity contribution is 7.89. The Morgan fingerprint density at radius 1 is 1.19 bits per heavy atom. The predicted molar refractivity (Wildman–Crippen MR) is 54.1 cm³/mol. The number of hydrogen-bond acceptors (Lipinski definition) is 2. The topological polar surface area (TPSA) is 60.2 Å². The summed E-state index contributed by atoms with van der Waals surface area (Å²) in [5.74, 6) is -0.517. The lowest BCUT2D eigenvalue weighted by molar-refractivity contribution is -0.142. The van der Waals surface area contributed by atoms with E-state index in [1.807, 2.05) is 6.92 Å². The Bertz CT molecular complexity index is 331. The van der Waals surface area contributed by atoms with Crippen LogP contribution in [0.4, 0.5) is 13.2 Å². The first-order chi connectivity index (χ1) is 7.12. The standard InChI is InChI=1S/C9H16F3NO2S/c1-6-2-4-7(5-3-6)8(9(10,11)12)16(13,14)15/h6-8H,2-5H2,1H3,(H2,13,14,15). The minimum absolute atomic E-state index is 0.280. The Kier molecular flexibility index (Phi) is 3.89. The van der Waals surface area contributed by atoms with Crippen molar-refractivity contribution in [1.29, 1.82) is 0 Å². The molecule has 16 heavy (non-hydrogen) atoms. The highest BCUT2D eigenvalue weighted by Crippen LogP contribution is 2.39. The van der Waals surface area contributed by atoms with Crippen molar-refractivity contribution in [1.82, 2.24) is 0 Å². The number of rotatable bonds is 2. The minimum atomic E-state index is -4.77. The van der Waals surface area contributed by atoms with Gasteiger partial charge in [0.2, 0.25) is 10.0 Å². The summed E-state index contributed by atoms with van der Waals surface area (Å²) in [7, 11) is -4.56. The molecule has 0 amide bonds. The van der Waals surface area contributed by atoms with E-state index in [4.69, 9.17) is 0 Å². The molecule has 1 rings (SSSR count). The molecule has 0 aromatic carbocycles. The van der Waals surface area contributed by atoms with Crippen LogP contribution in [0, 0.1) is 11.8 Å². The molecule has 0 aliphatic heterocycles. The van der Waals surface area contributed by atoms with Gasteiger partial charge >= 0.3 is 6.18 Å². The van der Waals surface area contributed by atoms with Gasteiger partial charge in [0.25, 0.3) is 0 Å². The molecular weight excluding hydrogens is 243 g/mol. The van der Waals surface area contributed by atoms with E-state index in [0.717, 1.165) is 0 Å². The molecule has 0 aromatic rings. The molecule has 0 aromatic heterocycles. The van der Waals surface area contributed by atoms with Crippen LogP contribution in [0.5, 0.6) is 0 Å². The summed E-state index contributed by atoms with van der Waals surface area (Å²) >= 11 is 0. The van der Waals surface area contributed by atoms with E-state index < -0.39 is 27.4 Å². The van der Waals surface area contributed by atoms with Crippen molar-refractivity contribution in [2.75, 3.05) is 0 Å². The van der Waals surface area contributed by atoms with E-state index in [0.29, 0.717) is 18.8 Å². The Hall–Kier alpha value is -0.300. The molecule has 1 saturated carbocycles. The summed E-state index contributed by atoms with van der Waals surface area (Å²) in [6, 6.07) is 0. The van der Waals surface area contributed by atoms with Crippen LogP contribution in [-0.2, 0) is 10.0 Å². The van der Waals surface area contributed by atoms with E-state index in [9.17, 15) is 21.6 Å². The third-order valence-corrected chi connectivity index (χ3v) is 4.53. The first kappa shape index (κ1) is 13.8. The van der Waals surface area contributed by atoms with Gasteiger partial charge in [-0.15, -0.1) is 0 Å². The van der Waals surface area contributed by atoms with Crippen LogP contribution in [0.15, 0.2) is 0 Å². The largest absolute Gasteiger partial charge is 0.407 e. The third-order valence-electron chi connectivity index (χ3n) is 3.17. The summed E-state index contributed by atoms with van der Waals surface area (Å²) in [5.41, 5.74) is 0. The quantitative estimate of drug-likeness (QED) is 0.824. The molecule has 0 bridgehead atoms. The van der Waals surface area contributed by atoms with Crippen molar-refractivity contribution in [2.24, 2.45) is 17.0 Å². The molecule has 1 atom stereocenters. The molecule has 1 aliphatic carbocycles. The molecule has 0 saturated heterocycles. The highest BCUT2D eigenvalue weighted by Gasteiger charge is 2.51. The fourth-order valence-corrected chi connectivity index (χ4v) is 3.49. The second kappa shape index (κ2) is 4.52. The van der Waals surface area contributed by atoms with E-state index in [1.54, 1.807) is 0 Å². The van der Waals surface area contributed by atoms with Crippen molar-refractivity contribution in [3.05, 3.63) is 0 Å². The van der Waals surface area contributed by atoms with E-state index in [1.165, 1.54) is 0 Å². The second-order valence-electron chi connectivity index (χ2n) is 4.57. The van der Waals surface area contributed by atoms with Gasteiger partial charge in [-0.1, -0.05) is 19.8 Å². The number of hydrogen-bond donors (Lipinski definition) is 1. The third kappa shape index (κ3) is 3.35. The van der Waals surface area contributed by atoms with Crippen LogP contribution in [0.3, 0.4) is 0 Å². The van der Waals surface area contributed by atoms with Gasteiger partial charge in [-0.3, -0.25) is 0 Å². The molecule has 2 N–H and O–H groups in total. The van der Waals surface area contributed by atoms with Crippen molar-refractivity contribution in [3.8, 4) is 0 Å². The fourth-order valence-electron chi connectivity index (χ4n) is 2.31. The van der Waals surface area contributed by atoms with Gasteiger partial charge < -0.3 is 0 Å². The minimum Gasteiger partial charge on any atom is -0.228 e. The van der Waals surface area contributed by atoms with Gasteiger partial charge in [0.05, 0.1) is 0 Å². The van der Waals surface area contributed by atoms with Gasteiger partial charge in [0.15, 0.2) is 5.25 Å². The fraction of sp³-hybridized carbons (Fsp3) is 1.00. The maximum absolute atomic E-state index is 12.6. The zero-order chi connectivity index (χ0) is 12.6. The summed E-state index contributed by atoms with van der Waals surface area (Å²) in [5, 5.41) is 2.29. The first-order valence-electron chi connectivity index (χ1n) is 5.20. The smallest absolute Gasteiger partial charge is 0.228 e. The Morgan fingerprint density at radius 3 is 1.94 bits per heavy atom. The first-order valence-corrected chi connectivity index (χ1v) is 6.81. The van der Waals surface area contributed by atoms with E-state index >= 15 is 0 Å². The lowest BCUT2D eigenvalue weighted by Crippen LogP contribution is -2.47. The summed E-state index contributed by atoms with van der Waals surface area (Å²) in [6.45, 7) is 1.95. The number of nitrogens with two attached hydrogens (primary N) is 1. The Balaban J connectivity index is 2.87. The number of halogens is 3. The Morgan fingerprint density at radius 2 is 1.62 bits per heavy atom. The lowest BCUT2D eigenvalue weighted by atomic mass is 9.81. The SMILES string of the molecule is CC1CCC(C(C(F)(F)F)S(N)(=O)=O)CC1. The van der Waals surface area contributed by atoms with E-state index in [-0.39, 0.29) is 12.8 Å². The molecule has 1 unspecified atom stereocenters. The maximum Gasteiger partial charge on any atom is 0.407 e. The van der Waals surface area contributed by atoms with Crippen LogP contribution in [0.25, 0.3) is 0 Å².